The van der Waals surface area contributed by atoms with Crippen LogP contribution in [-0.4, -0.2) is 18.8 Å². The first-order chi connectivity index (χ1) is 6.77. The van der Waals surface area contributed by atoms with E-state index in [1.54, 1.807) is 0 Å². The van der Waals surface area contributed by atoms with Gasteiger partial charge in [0.05, 0.1) is 22.9 Å². The summed E-state index contributed by atoms with van der Waals surface area (Å²) in [7, 11) is 0. The van der Waals surface area contributed by atoms with Gasteiger partial charge >= 0.3 is 0 Å². The summed E-state index contributed by atoms with van der Waals surface area (Å²) in [5, 5.41) is 4.17. The third kappa shape index (κ3) is 2.02. The SMILES string of the molecule is CC1OCCC1Nc1ccccc1Cl. The molecule has 1 aliphatic heterocycles. The molecule has 1 aromatic carbocycles. The van der Waals surface area contributed by atoms with Crippen LogP contribution in [-0.2, 0) is 4.74 Å². The number of hydrogen-bond donors (Lipinski definition) is 1. The Bertz CT molecular complexity index is 316. The molecule has 1 fully saturated rings. The fraction of sp³-hybridized carbons (Fsp3) is 0.455. The van der Waals surface area contributed by atoms with Crippen LogP contribution in [0.25, 0.3) is 0 Å². The first-order valence-electron chi connectivity index (χ1n) is 4.90. The summed E-state index contributed by atoms with van der Waals surface area (Å²) in [6.07, 6.45) is 1.32. The van der Waals surface area contributed by atoms with Crippen LogP contribution in [0.2, 0.25) is 5.02 Å². The van der Waals surface area contributed by atoms with Gasteiger partial charge in [-0.05, 0) is 25.5 Å². The molecule has 0 aliphatic carbocycles. The molecule has 0 radical (unpaired) electrons. The molecule has 1 saturated heterocycles. The number of benzene rings is 1. The standard InChI is InChI=1S/C11H14ClNO/c1-8-10(6-7-14-8)13-11-5-3-2-4-9(11)12/h2-5,8,10,13H,6-7H2,1H3. The van der Waals surface area contributed by atoms with Crippen LogP contribution in [0, 0.1) is 0 Å². The van der Waals surface area contributed by atoms with Crippen molar-refractivity contribution < 1.29 is 4.74 Å². The van der Waals surface area contributed by atoms with Gasteiger partial charge in [-0.3, -0.25) is 0 Å². The van der Waals surface area contributed by atoms with E-state index < -0.39 is 0 Å². The molecule has 0 spiro atoms. The molecule has 2 rings (SSSR count). The average molecular weight is 212 g/mol. The molecule has 0 bridgehead atoms. The van der Waals surface area contributed by atoms with Gasteiger partial charge in [-0.15, -0.1) is 0 Å². The maximum atomic E-state index is 6.05. The second-order valence-electron chi connectivity index (χ2n) is 3.60. The third-order valence-electron chi connectivity index (χ3n) is 2.59. The van der Waals surface area contributed by atoms with Gasteiger partial charge in [0.2, 0.25) is 0 Å². The normalized spacial score (nSPS) is 26.4. The summed E-state index contributed by atoms with van der Waals surface area (Å²) >= 11 is 6.05. The van der Waals surface area contributed by atoms with E-state index >= 15 is 0 Å². The molecular weight excluding hydrogens is 198 g/mol. The molecule has 0 amide bonds. The number of rotatable bonds is 2. The molecule has 2 nitrogen and oxygen atoms in total. The Kier molecular flexibility index (Phi) is 2.94. The first kappa shape index (κ1) is 9.81. The zero-order chi connectivity index (χ0) is 9.97. The minimum atomic E-state index is 0.270. The number of para-hydroxylation sites is 1. The predicted molar refractivity (Wildman–Crippen MR) is 58.9 cm³/mol. The predicted octanol–water partition coefficient (Wildman–Crippen LogP) is 2.93. The van der Waals surface area contributed by atoms with Crippen LogP contribution in [0.5, 0.6) is 0 Å². The van der Waals surface area contributed by atoms with Crippen LogP contribution >= 0.6 is 11.6 Å². The summed E-state index contributed by atoms with van der Waals surface area (Å²) in [5.41, 5.74) is 0.997. The summed E-state index contributed by atoms with van der Waals surface area (Å²) in [6.45, 7) is 2.92. The molecule has 2 unspecified atom stereocenters. The van der Waals surface area contributed by atoms with Crippen molar-refractivity contribution in [3.63, 3.8) is 0 Å². The minimum absolute atomic E-state index is 0.270. The Labute approximate surface area is 89.2 Å². The van der Waals surface area contributed by atoms with Gasteiger partial charge in [0.1, 0.15) is 0 Å². The van der Waals surface area contributed by atoms with Crippen LogP contribution in [0.1, 0.15) is 13.3 Å². The van der Waals surface area contributed by atoms with Crippen molar-refractivity contribution in [2.24, 2.45) is 0 Å². The molecule has 1 N–H and O–H groups in total. The maximum Gasteiger partial charge on any atom is 0.0748 e. The lowest BCUT2D eigenvalue weighted by atomic mass is 10.1. The highest BCUT2D eigenvalue weighted by Crippen LogP contribution is 2.24. The van der Waals surface area contributed by atoms with Crippen LogP contribution in [0.4, 0.5) is 5.69 Å². The highest BCUT2D eigenvalue weighted by Gasteiger charge is 2.24. The number of halogens is 1. The van der Waals surface area contributed by atoms with Gasteiger partial charge in [0.15, 0.2) is 0 Å². The van der Waals surface area contributed by atoms with Crippen molar-refractivity contribution in [3.8, 4) is 0 Å². The van der Waals surface area contributed by atoms with Crippen molar-refractivity contribution in [1.29, 1.82) is 0 Å². The molecule has 76 valence electrons. The summed E-state index contributed by atoms with van der Waals surface area (Å²) in [5.74, 6) is 0. The van der Waals surface area contributed by atoms with E-state index in [4.69, 9.17) is 16.3 Å². The molecule has 1 heterocycles. The van der Waals surface area contributed by atoms with E-state index in [2.05, 4.69) is 12.2 Å². The third-order valence-corrected chi connectivity index (χ3v) is 2.92. The van der Waals surface area contributed by atoms with Crippen molar-refractivity contribution in [2.45, 2.75) is 25.5 Å². The largest absolute Gasteiger partial charge is 0.378 e. The average Bonchev–Trinajstić information content (AvgIpc) is 2.56. The summed E-state index contributed by atoms with van der Waals surface area (Å²) < 4.78 is 5.47. The van der Waals surface area contributed by atoms with Gasteiger partial charge in [-0.2, -0.15) is 0 Å². The monoisotopic (exact) mass is 211 g/mol. The number of anilines is 1. The minimum Gasteiger partial charge on any atom is -0.378 e. The number of hydrogen-bond acceptors (Lipinski definition) is 2. The summed E-state index contributed by atoms with van der Waals surface area (Å²) in [4.78, 5) is 0. The molecular formula is C11H14ClNO. The lowest BCUT2D eigenvalue weighted by molar-refractivity contribution is 0.121. The van der Waals surface area contributed by atoms with Gasteiger partial charge in [-0.1, -0.05) is 23.7 Å². The fourth-order valence-corrected chi connectivity index (χ4v) is 1.89. The van der Waals surface area contributed by atoms with E-state index in [-0.39, 0.29) is 6.10 Å². The highest BCUT2D eigenvalue weighted by molar-refractivity contribution is 6.33. The smallest absolute Gasteiger partial charge is 0.0748 e. The second-order valence-corrected chi connectivity index (χ2v) is 4.00. The highest BCUT2D eigenvalue weighted by atomic mass is 35.5. The van der Waals surface area contributed by atoms with E-state index in [1.165, 1.54) is 0 Å². The summed E-state index contributed by atoms with van der Waals surface area (Å²) in [6, 6.07) is 8.18. The quantitative estimate of drug-likeness (QED) is 0.812. The molecule has 14 heavy (non-hydrogen) atoms. The van der Waals surface area contributed by atoms with Crippen LogP contribution in [0.3, 0.4) is 0 Å². The molecule has 2 atom stereocenters. The van der Waals surface area contributed by atoms with E-state index in [0.717, 1.165) is 23.7 Å². The number of ether oxygens (including phenoxy) is 1. The van der Waals surface area contributed by atoms with Crippen molar-refractivity contribution in [2.75, 3.05) is 11.9 Å². The fourth-order valence-electron chi connectivity index (χ4n) is 1.70. The lowest BCUT2D eigenvalue weighted by Gasteiger charge is -2.18. The molecule has 3 heteroatoms. The van der Waals surface area contributed by atoms with Crippen LogP contribution in [0.15, 0.2) is 24.3 Å². The van der Waals surface area contributed by atoms with Crippen molar-refractivity contribution in [1.82, 2.24) is 0 Å². The van der Waals surface area contributed by atoms with Gasteiger partial charge < -0.3 is 10.1 Å². The zero-order valence-electron chi connectivity index (χ0n) is 8.16. The Balaban J connectivity index is 2.07. The Morgan fingerprint density at radius 1 is 1.43 bits per heavy atom. The topological polar surface area (TPSA) is 21.3 Å². The molecule has 0 saturated carbocycles. The molecule has 1 aromatic rings. The molecule has 1 aliphatic rings. The van der Waals surface area contributed by atoms with Gasteiger partial charge in [0, 0.05) is 6.61 Å². The van der Waals surface area contributed by atoms with Gasteiger partial charge in [-0.25, -0.2) is 0 Å². The Morgan fingerprint density at radius 2 is 2.21 bits per heavy atom. The maximum absolute atomic E-state index is 6.05. The van der Waals surface area contributed by atoms with E-state index in [1.807, 2.05) is 24.3 Å². The van der Waals surface area contributed by atoms with Gasteiger partial charge in [0.25, 0.3) is 0 Å². The zero-order valence-corrected chi connectivity index (χ0v) is 8.92. The van der Waals surface area contributed by atoms with Crippen LogP contribution < -0.4 is 5.32 Å². The molecule has 0 aromatic heterocycles. The lowest BCUT2D eigenvalue weighted by Crippen LogP contribution is -2.26. The van der Waals surface area contributed by atoms with E-state index in [0.29, 0.717) is 6.04 Å². The van der Waals surface area contributed by atoms with Crippen molar-refractivity contribution in [3.05, 3.63) is 29.3 Å². The Morgan fingerprint density at radius 3 is 2.86 bits per heavy atom. The van der Waals surface area contributed by atoms with E-state index in [9.17, 15) is 0 Å². The second kappa shape index (κ2) is 4.20. The van der Waals surface area contributed by atoms with Crippen molar-refractivity contribution >= 4 is 17.3 Å². The number of nitrogens with one attached hydrogen (secondary N) is 1. The first-order valence-corrected chi connectivity index (χ1v) is 5.28. The Hall–Kier alpha value is -0.730.